The lowest BCUT2D eigenvalue weighted by Crippen LogP contribution is -2.44. The molecule has 0 radical (unpaired) electrons. The second kappa shape index (κ2) is 11.7. The van der Waals surface area contributed by atoms with Gasteiger partial charge in [-0.15, -0.1) is 24.8 Å². The Hall–Kier alpha value is -1.93. The lowest BCUT2D eigenvalue weighted by atomic mass is 10.2. The number of hydrogen-bond donors (Lipinski definition) is 2. The summed E-state index contributed by atoms with van der Waals surface area (Å²) in [6, 6.07) is 9.44. The predicted octanol–water partition coefficient (Wildman–Crippen LogP) is 2.85. The first kappa shape index (κ1) is 23.1. The van der Waals surface area contributed by atoms with Crippen LogP contribution >= 0.6 is 24.8 Å². The molecule has 0 spiro atoms. The number of rotatable bonds is 6. The Balaban J connectivity index is 0.00000182. The molecule has 1 saturated heterocycles. The van der Waals surface area contributed by atoms with E-state index in [0.717, 1.165) is 6.54 Å². The average molecular weight is 418 g/mol. The molecular weight excluding hydrogens is 396 g/mol. The SMILES string of the molecule is Cl.Cl.O=C(CC1COCCN1)NCc1cccnc1Oc1cccc(F)c1. The summed E-state index contributed by atoms with van der Waals surface area (Å²) in [6.45, 7) is 2.25. The maximum absolute atomic E-state index is 13.3. The van der Waals surface area contributed by atoms with Crippen LogP contribution in [-0.4, -0.2) is 36.7 Å². The van der Waals surface area contributed by atoms with Crippen LogP contribution in [0.2, 0.25) is 0 Å². The monoisotopic (exact) mass is 417 g/mol. The van der Waals surface area contributed by atoms with Gasteiger partial charge in [0.1, 0.15) is 11.6 Å². The third kappa shape index (κ3) is 7.30. The van der Waals surface area contributed by atoms with Crippen molar-refractivity contribution in [1.29, 1.82) is 0 Å². The number of carbonyl (C=O) groups is 1. The van der Waals surface area contributed by atoms with E-state index in [1.54, 1.807) is 24.4 Å². The first-order chi connectivity index (χ1) is 12.2. The van der Waals surface area contributed by atoms with Gasteiger partial charge in [-0.3, -0.25) is 4.79 Å². The van der Waals surface area contributed by atoms with Gasteiger partial charge < -0.3 is 20.1 Å². The van der Waals surface area contributed by atoms with Crippen molar-refractivity contribution in [2.45, 2.75) is 19.0 Å². The minimum absolute atomic E-state index is 0. The molecule has 1 aliphatic heterocycles. The zero-order chi connectivity index (χ0) is 17.5. The summed E-state index contributed by atoms with van der Waals surface area (Å²) < 4.78 is 24.2. The second-order valence-electron chi connectivity index (χ2n) is 5.73. The first-order valence-electron chi connectivity index (χ1n) is 8.16. The molecular formula is C18H22Cl2FN3O3. The van der Waals surface area contributed by atoms with Gasteiger partial charge >= 0.3 is 0 Å². The van der Waals surface area contributed by atoms with Crippen LogP contribution in [0.25, 0.3) is 0 Å². The Labute approximate surface area is 169 Å². The molecule has 3 rings (SSSR count). The number of ether oxygens (including phenoxy) is 2. The molecule has 0 saturated carbocycles. The highest BCUT2D eigenvalue weighted by Gasteiger charge is 2.17. The first-order valence-corrected chi connectivity index (χ1v) is 8.16. The number of morpholine rings is 1. The van der Waals surface area contributed by atoms with Crippen LogP contribution in [0.4, 0.5) is 4.39 Å². The Bertz CT molecular complexity index is 731. The van der Waals surface area contributed by atoms with E-state index in [1.807, 2.05) is 6.07 Å². The molecule has 6 nitrogen and oxygen atoms in total. The van der Waals surface area contributed by atoms with Crippen molar-refractivity contribution in [2.75, 3.05) is 19.8 Å². The van der Waals surface area contributed by atoms with Gasteiger partial charge in [0, 0.05) is 43.4 Å². The van der Waals surface area contributed by atoms with Gasteiger partial charge in [0.05, 0.1) is 13.2 Å². The third-order valence-electron chi connectivity index (χ3n) is 3.77. The molecule has 1 amide bonds. The summed E-state index contributed by atoms with van der Waals surface area (Å²) in [5.74, 6) is 0.233. The molecule has 1 aromatic heterocycles. The highest BCUT2D eigenvalue weighted by molar-refractivity contribution is 5.85. The number of benzene rings is 1. The predicted molar refractivity (Wildman–Crippen MR) is 104 cm³/mol. The number of pyridine rings is 1. The molecule has 9 heteroatoms. The fraction of sp³-hybridized carbons (Fsp3) is 0.333. The van der Waals surface area contributed by atoms with E-state index < -0.39 is 0 Å². The van der Waals surface area contributed by atoms with Gasteiger partial charge in [-0.1, -0.05) is 12.1 Å². The normalized spacial score (nSPS) is 15.8. The Morgan fingerprint density at radius 2 is 2.19 bits per heavy atom. The minimum atomic E-state index is -0.384. The van der Waals surface area contributed by atoms with Crippen molar-refractivity contribution in [3.8, 4) is 11.6 Å². The van der Waals surface area contributed by atoms with Crippen molar-refractivity contribution in [3.05, 3.63) is 54.0 Å². The Kier molecular flexibility index (Phi) is 10.0. The van der Waals surface area contributed by atoms with E-state index in [4.69, 9.17) is 9.47 Å². The van der Waals surface area contributed by atoms with Crippen LogP contribution in [0.5, 0.6) is 11.6 Å². The van der Waals surface area contributed by atoms with E-state index in [0.29, 0.717) is 36.8 Å². The number of nitrogens with zero attached hydrogens (tertiary/aromatic N) is 1. The topological polar surface area (TPSA) is 72.5 Å². The van der Waals surface area contributed by atoms with E-state index in [1.165, 1.54) is 12.1 Å². The largest absolute Gasteiger partial charge is 0.439 e. The van der Waals surface area contributed by atoms with E-state index in [9.17, 15) is 9.18 Å². The number of nitrogens with one attached hydrogen (secondary N) is 2. The molecule has 1 fully saturated rings. The van der Waals surface area contributed by atoms with E-state index >= 15 is 0 Å². The summed E-state index contributed by atoms with van der Waals surface area (Å²) in [5.41, 5.74) is 0.716. The van der Waals surface area contributed by atoms with Crippen LogP contribution in [0.3, 0.4) is 0 Å². The van der Waals surface area contributed by atoms with Gasteiger partial charge in [0.25, 0.3) is 0 Å². The highest BCUT2D eigenvalue weighted by atomic mass is 35.5. The fourth-order valence-electron chi connectivity index (χ4n) is 2.53. The summed E-state index contributed by atoms with van der Waals surface area (Å²) in [4.78, 5) is 16.3. The number of hydrogen-bond acceptors (Lipinski definition) is 5. The molecule has 148 valence electrons. The molecule has 0 bridgehead atoms. The van der Waals surface area contributed by atoms with Crippen molar-refractivity contribution < 1.29 is 18.7 Å². The maximum Gasteiger partial charge on any atom is 0.224 e. The van der Waals surface area contributed by atoms with Gasteiger partial charge in [-0.05, 0) is 18.2 Å². The molecule has 1 atom stereocenters. The Morgan fingerprint density at radius 3 is 2.93 bits per heavy atom. The molecule has 2 N–H and O–H groups in total. The lowest BCUT2D eigenvalue weighted by molar-refractivity contribution is -0.122. The van der Waals surface area contributed by atoms with Gasteiger partial charge in [0.2, 0.25) is 11.8 Å². The highest BCUT2D eigenvalue weighted by Crippen LogP contribution is 2.23. The summed E-state index contributed by atoms with van der Waals surface area (Å²) in [6.07, 6.45) is 1.93. The van der Waals surface area contributed by atoms with Crippen LogP contribution < -0.4 is 15.4 Å². The van der Waals surface area contributed by atoms with Crippen molar-refractivity contribution in [1.82, 2.24) is 15.6 Å². The molecule has 1 aromatic carbocycles. The second-order valence-corrected chi connectivity index (χ2v) is 5.73. The van der Waals surface area contributed by atoms with E-state index in [2.05, 4.69) is 15.6 Å². The number of carbonyl (C=O) groups excluding carboxylic acids is 1. The zero-order valence-electron chi connectivity index (χ0n) is 14.5. The standard InChI is InChI=1S/C18H20FN3O3.2ClH/c19-14-4-1-5-16(9-14)25-18-13(3-2-6-21-18)11-22-17(23)10-15-12-24-8-7-20-15;;/h1-6,9,15,20H,7-8,10-12H2,(H,22,23);2*1H. The van der Waals surface area contributed by atoms with Crippen LogP contribution in [0, 0.1) is 5.82 Å². The summed E-state index contributed by atoms with van der Waals surface area (Å²) >= 11 is 0. The van der Waals surface area contributed by atoms with Crippen LogP contribution in [-0.2, 0) is 16.1 Å². The molecule has 2 heterocycles. The minimum Gasteiger partial charge on any atom is -0.439 e. The molecule has 0 aliphatic carbocycles. The molecule has 2 aromatic rings. The lowest BCUT2D eigenvalue weighted by Gasteiger charge is -2.23. The smallest absolute Gasteiger partial charge is 0.224 e. The van der Waals surface area contributed by atoms with Crippen molar-refractivity contribution in [3.63, 3.8) is 0 Å². The van der Waals surface area contributed by atoms with E-state index in [-0.39, 0.29) is 49.1 Å². The van der Waals surface area contributed by atoms with Crippen LogP contribution in [0.15, 0.2) is 42.6 Å². The molecule has 1 aliphatic rings. The molecule has 1 unspecified atom stereocenters. The van der Waals surface area contributed by atoms with Crippen molar-refractivity contribution >= 4 is 30.7 Å². The maximum atomic E-state index is 13.3. The quantitative estimate of drug-likeness (QED) is 0.755. The average Bonchev–Trinajstić information content (AvgIpc) is 2.62. The molecule has 27 heavy (non-hydrogen) atoms. The number of amides is 1. The van der Waals surface area contributed by atoms with Crippen LogP contribution in [0.1, 0.15) is 12.0 Å². The third-order valence-corrected chi connectivity index (χ3v) is 3.77. The fourth-order valence-corrected chi connectivity index (χ4v) is 2.53. The Morgan fingerprint density at radius 1 is 1.33 bits per heavy atom. The summed E-state index contributed by atoms with van der Waals surface area (Å²) in [5, 5.41) is 6.09. The summed E-state index contributed by atoms with van der Waals surface area (Å²) in [7, 11) is 0. The number of aromatic nitrogens is 1. The number of halogens is 3. The van der Waals surface area contributed by atoms with Gasteiger partial charge in [-0.2, -0.15) is 0 Å². The van der Waals surface area contributed by atoms with Crippen molar-refractivity contribution in [2.24, 2.45) is 0 Å². The van der Waals surface area contributed by atoms with Gasteiger partial charge in [-0.25, -0.2) is 9.37 Å². The van der Waals surface area contributed by atoms with Gasteiger partial charge in [0.15, 0.2) is 0 Å². The zero-order valence-corrected chi connectivity index (χ0v) is 16.2.